The Hall–Kier alpha value is -1.95. The van der Waals surface area contributed by atoms with Crippen molar-refractivity contribution in [2.75, 3.05) is 13.2 Å². The molecular weight excluding hydrogens is 284 g/mol. The Labute approximate surface area is 121 Å². The number of carboxylic acids is 1. The fourth-order valence-corrected chi connectivity index (χ4v) is 2.26. The van der Waals surface area contributed by atoms with Crippen molar-refractivity contribution in [3.8, 4) is 5.75 Å². The lowest BCUT2D eigenvalue weighted by atomic mass is 10.1. The van der Waals surface area contributed by atoms with Gasteiger partial charge >= 0.3 is 12.0 Å². The van der Waals surface area contributed by atoms with Crippen LogP contribution in [0.5, 0.6) is 5.75 Å². The number of carbonyl (C=O) groups excluding carboxylic acids is 1. The number of carbonyl (C=O) groups is 2. The number of hydrogen-bond donors (Lipinski definition) is 3. The SMILES string of the molecule is O=C(O)CCNC(=O)NCc1cc(Cl)cc2c1OCC2. The van der Waals surface area contributed by atoms with Crippen LogP contribution in [0, 0.1) is 0 Å². The Kier molecular flexibility index (Phi) is 4.68. The minimum atomic E-state index is -0.952. The molecule has 0 radical (unpaired) electrons. The van der Waals surface area contributed by atoms with E-state index in [1.165, 1.54) is 0 Å². The second-order valence-electron chi connectivity index (χ2n) is 4.40. The van der Waals surface area contributed by atoms with Gasteiger partial charge < -0.3 is 20.5 Å². The van der Waals surface area contributed by atoms with Gasteiger partial charge in [-0.25, -0.2) is 4.79 Å². The number of amides is 2. The summed E-state index contributed by atoms with van der Waals surface area (Å²) in [6.07, 6.45) is 0.705. The second kappa shape index (κ2) is 6.47. The van der Waals surface area contributed by atoms with Gasteiger partial charge in [0.1, 0.15) is 5.75 Å². The monoisotopic (exact) mass is 298 g/mol. The summed E-state index contributed by atoms with van der Waals surface area (Å²) in [6.45, 7) is 0.987. The van der Waals surface area contributed by atoms with Crippen molar-refractivity contribution in [3.63, 3.8) is 0 Å². The predicted octanol–water partition coefficient (Wildman–Crippen LogP) is 1.55. The van der Waals surface area contributed by atoms with E-state index in [9.17, 15) is 9.59 Å². The fraction of sp³-hybridized carbons (Fsp3) is 0.385. The van der Waals surface area contributed by atoms with E-state index in [4.69, 9.17) is 21.4 Å². The summed E-state index contributed by atoms with van der Waals surface area (Å²) in [5.74, 6) is -0.174. The van der Waals surface area contributed by atoms with Gasteiger partial charge in [-0.3, -0.25) is 4.79 Å². The number of rotatable bonds is 5. The zero-order valence-corrected chi connectivity index (χ0v) is 11.5. The topological polar surface area (TPSA) is 87.7 Å². The number of aliphatic carboxylic acids is 1. The van der Waals surface area contributed by atoms with E-state index < -0.39 is 12.0 Å². The van der Waals surface area contributed by atoms with Crippen LogP contribution in [-0.2, 0) is 17.8 Å². The molecule has 1 aromatic carbocycles. The fourth-order valence-electron chi connectivity index (χ4n) is 2.00. The normalized spacial score (nSPS) is 12.4. The summed E-state index contributed by atoms with van der Waals surface area (Å²) in [4.78, 5) is 21.8. The average molecular weight is 299 g/mol. The first-order valence-corrected chi connectivity index (χ1v) is 6.61. The molecule has 0 saturated carbocycles. The van der Waals surface area contributed by atoms with Crippen molar-refractivity contribution in [2.24, 2.45) is 0 Å². The predicted molar refractivity (Wildman–Crippen MR) is 73.1 cm³/mol. The van der Waals surface area contributed by atoms with Crippen LogP contribution in [0.1, 0.15) is 17.5 Å². The first kappa shape index (κ1) is 14.5. The van der Waals surface area contributed by atoms with Crippen molar-refractivity contribution in [1.29, 1.82) is 0 Å². The van der Waals surface area contributed by atoms with Crippen molar-refractivity contribution >= 4 is 23.6 Å². The van der Waals surface area contributed by atoms with Crippen molar-refractivity contribution in [3.05, 3.63) is 28.3 Å². The zero-order chi connectivity index (χ0) is 14.5. The molecule has 1 aliphatic heterocycles. The van der Waals surface area contributed by atoms with Crippen LogP contribution in [0.3, 0.4) is 0 Å². The number of carboxylic acid groups (broad SMARTS) is 1. The first-order valence-electron chi connectivity index (χ1n) is 6.24. The smallest absolute Gasteiger partial charge is 0.315 e. The number of hydrogen-bond acceptors (Lipinski definition) is 3. The second-order valence-corrected chi connectivity index (χ2v) is 4.84. The minimum Gasteiger partial charge on any atom is -0.493 e. The molecule has 0 bridgehead atoms. The summed E-state index contributed by atoms with van der Waals surface area (Å²) in [5.41, 5.74) is 1.86. The highest BCUT2D eigenvalue weighted by atomic mass is 35.5. The standard InChI is InChI=1S/C13H15ClN2O4/c14-10-5-8-2-4-20-12(8)9(6-10)7-16-13(19)15-3-1-11(17)18/h5-6H,1-4,7H2,(H,17,18)(H2,15,16,19). The summed E-state index contributed by atoms with van der Waals surface area (Å²) in [6, 6.07) is 3.20. The largest absolute Gasteiger partial charge is 0.493 e. The number of fused-ring (bicyclic) bond motifs is 1. The maximum Gasteiger partial charge on any atom is 0.315 e. The third kappa shape index (κ3) is 3.77. The third-order valence-corrected chi connectivity index (χ3v) is 3.11. The first-order chi connectivity index (χ1) is 9.56. The summed E-state index contributed by atoms with van der Waals surface area (Å²) in [7, 11) is 0. The van der Waals surface area contributed by atoms with Crippen LogP contribution in [0.25, 0.3) is 0 Å². The maximum absolute atomic E-state index is 11.5. The Morgan fingerprint density at radius 2 is 2.15 bits per heavy atom. The molecule has 20 heavy (non-hydrogen) atoms. The molecule has 0 aliphatic carbocycles. The highest BCUT2D eigenvalue weighted by Gasteiger charge is 2.17. The minimum absolute atomic E-state index is 0.0886. The Bertz CT molecular complexity index is 533. The molecule has 7 heteroatoms. The van der Waals surface area contributed by atoms with Crippen molar-refractivity contribution < 1.29 is 19.4 Å². The van der Waals surface area contributed by atoms with Crippen LogP contribution in [0.2, 0.25) is 5.02 Å². The van der Waals surface area contributed by atoms with E-state index >= 15 is 0 Å². The average Bonchev–Trinajstić information content (AvgIpc) is 2.83. The van der Waals surface area contributed by atoms with Crippen LogP contribution < -0.4 is 15.4 Å². The molecule has 2 amide bonds. The lowest BCUT2D eigenvalue weighted by molar-refractivity contribution is -0.136. The number of ether oxygens (including phenoxy) is 1. The number of benzene rings is 1. The van der Waals surface area contributed by atoms with Gasteiger partial charge in [-0.1, -0.05) is 11.6 Å². The van der Waals surface area contributed by atoms with E-state index in [2.05, 4.69) is 10.6 Å². The molecule has 0 fully saturated rings. The molecule has 1 aliphatic rings. The summed E-state index contributed by atoms with van der Waals surface area (Å²) in [5, 5.41) is 14.2. The Morgan fingerprint density at radius 3 is 2.90 bits per heavy atom. The van der Waals surface area contributed by atoms with Crippen LogP contribution in [0.4, 0.5) is 4.79 Å². The number of nitrogens with one attached hydrogen (secondary N) is 2. The lowest BCUT2D eigenvalue weighted by Crippen LogP contribution is -2.36. The number of urea groups is 1. The molecule has 0 unspecified atom stereocenters. The van der Waals surface area contributed by atoms with Gasteiger partial charge in [0.05, 0.1) is 13.0 Å². The van der Waals surface area contributed by atoms with Crippen molar-refractivity contribution in [2.45, 2.75) is 19.4 Å². The van der Waals surface area contributed by atoms with E-state index in [1.807, 2.05) is 6.07 Å². The molecule has 2 rings (SSSR count). The van der Waals surface area contributed by atoms with Crippen LogP contribution in [-0.4, -0.2) is 30.3 Å². The van der Waals surface area contributed by atoms with E-state index in [0.29, 0.717) is 11.6 Å². The van der Waals surface area contributed by atoms with Gasteiger partial charge in [-0.05, 0) is 17.7 Å². The van der Waals surface area contributed by atoms with Gasteiger partial charge in [0.25, 0.3) is 0 Å². The van der Waals surface area contributed by atoms with Gasteiger partial charge in [0.15, 0.2) is 0 Å². The molecule has 0 spiro atoms. The van der Waals surface area contributed by atoms with E-state index in [-0.39, 0.29) is 19.5 Å². The molecule has 0 saturated heterocycles. The molecule has 0 atom stereocenters. The molecule has 6 nitrogen and oxygen atoms in total. The molecular formula is C13H15ClN2O4. The van der Waals surface area contributed by atoms with Gasteiger partial charge in [-0.2, -0.15) is 0 Å². The molecule has 3 N–H and O–H groups in total. The number of halogens is 1. The maximum atomic E-state index is 11.5. The Morgan fingerprint density at radius 1 is 1.35 bits per heavy atom. The van der Waals surface area contributed by atoms with E-state index in [0.717, 1.165) is 23.3 Å². The highest BCUT2D eigenvalue weighted by molar-refractivity contribution is 6.30. The Balaban J connectivity index is 1.88. The lowest BCUT2D eigenvalue weighted by Gasteiger charge is -2.11. The van der Waals surface area contributed by atoms with Crippen LogP contribution >= 0.6 is 11.6 Å². The van der Waals surface area contributed by atoms with Crippen LogP contribution in [0.15, 0.2) is 12.1 Å². The van der Waals surface area contributed by atoms with Gasteiger partial charge in [-0.15, -0.1) is 0 Å². The van der Waals surface area contributed by atoms with E-state index in [1.54, 1.807) is 6.07 Å². The van der Waals surface area contributed by atoms with Gasteiger partial charge in [0.2, 0.25) is 0 Å². The zero-order valence-electron chi connectivity index (χ0n) is 10.7. The molecule has 1 heterocycles. The highest BCUT2D eigenvalue weighted by Crippen LogP contribution is 2.32. The quantitative estimate of drug-likeness (QED) is 0.769. The molecule has 1 aromatic rings. The third-order valence-electron chi connectivity index (χ3n) is 2.89. The van der Waals surface area contributed by atoms with Crippen molar-refractivity contribution in [1.82, 2.24) is 10.6 Å². The summed E-state index contributed by atoms with van der Waals surface area (Å²) < 4.78 is 5.52. The van der Waals surface area contributed by atoms with Gasteiger partial charge in [0, 0.05) is 30.1 Å². The molecule has 108 valence electrons. The molecule has 0 aromatic heterocycles. The summed E-state index contributed by atoms with van der Waals surface area (Å²) >= 11 is 6.01.